The molecule has 5 nitrogen and oxygen atoms in total. The van der Waals surface area contributed by atoms with Gasteiger partial charge in [-0.3, -0.25) is 0 Å². The molecule has 2 aromatic rings. The van der Waals surface area contributed by atoms with Crippen molar-refractivity contribution in [1.29, 1.82) is 0 Å². The van der Waals surface area contributed by atoms with Crippen molar-refractivity contribution in [2.45, 2.75) is 13.8 Å². The van der Waals surface area contributed by atoms with E-state index < -0.39 is 0 Å². The highest BCUT2D eigenvalue weighted by molar-refractivity contribution is 5.52. The predicted molar refractivity (Wildman–Crippen MR) is 63.1 cm³/mol. The smallest absolute Gasteiger partial charge is 0.180 e. The van der Waals surface area contributed by atoms with Gasteiger partial charge in [-0.05, 0) is 13.8 Å². The highest BCUT2D eigenvalue weighted by atomic mass is 15.1. The molecule has 2 aromatic heterocycles. The summed E-state index contributed by atoms with van der Waals surface area (Å²) in [6.45, 7) is 4.85. The minimum Gasteiger partial charge on any atom is -0.370 e. The van der Waals surface area contributed by atoms with Crippen LogP contribution in [0, 0.1) is 6.92 Å². The molecule has 0 bridgehead atoms. The summed E-state index contributed by atoms with van der Waals surface area (Å²) in [6, 6.07) is 1.93. The van der Waals surface area contributed by atoms with E-state index in [1.807, 2.05) is 31.5 Å². The van der Waals surface area contributed by atoms with Crippen LogP contribution in [0.4, 0.5) is 5.82 Å². The first kappa shape index (κ1) is 10.6. The van der Waals surface area contributed by atoms with Gasteiger partial charge in [0.05, 0.1) is 12.5 Å². The fraction of sp³-hybridized carbons (Fsp3) is 0.364. The molecule has 0 saturated carbocycles. The molecule has 0 atom stereocenters. The van der Waals surface area contributed by atoms with Crippen molar-refractivity contribution < 1.29 is 0 Å². The summed E-state index contributed by atoms with van der Waals surface area (Å²) in [5, 5.41) is 3.19. The van der Waals surface area contributed by atoms with Crippen LogP contribution in [0.1, 0.15) is 12.6 Å². The largest absolute Gasteiger partial charge is 0.370 e. The molecule has 0 aliphatic carbocycles. The second-order valence-corrected chi connectivity index (χ2v) is 3.64. The van der Waals surface area contributed by atoms with Crippen molar-refractivity contribution in [2.75, 3.05) is 11.9 Å². The zero-order chi connectivity index (χ0) is 11.5. The maximum atomic E-state index is 4.44. The van der Waals surface area contributed by atoms with Crippen LogP contribution in [0.2, 0.25) is 0 Å². The van der Waals surface area contributed by atoms with Gasteiger partial charge in [0.2, 0.25) is 0 Å². The summed E-state index contributed by atoms with van der Waals surface area (Å²) in [5.74, 6) is 1.56. The highest BCUT2D eigenvalue weighted by Crippen LogP contribution is 2.16. The van der Waals surface area contributed by atoms with E-state index in [1.165, 1.54) is 0 Å². The first-order valence-electron chi connectivity index (χ1n) is 5.27. The number of hydrogen-bond acceptors (Lipinski definition) is 4. The number of nitrogens with one attached hydrogen (secondary N) is 1. The number of imidazole rings is 1. The normalized spacial score (nSPS) is 10.4. The van der Waals surface area contributed by atoms with Crippen molar-refractivity contribution in [1.82, 2.24) is 19.5 Å². The van der Waals surface area contributed by atoms with Crippen LogP contribution in [-0.4, -0.2) is 26.1 Å². The molecule has 0 radical (unpaired) electrons. The first-order chi connectivity index (χ1) is 7.70. The Labute approximate surface area is 94.6 Å². The molecule has 5 heteroatoms. The van der Waals surface area contributed by atoms with Crippen LogP contribution in [0.3, 0.4) is 0 Å². The Morgan fingerprint density at radius 2 is 2.19 bits per heavy atom. The zero-order valence-corrected chi connectivity index (χ0v) is 9.73. The molecule has 0 amide bonds. The molecule has 0 unspecified atom stereocenters. The van der Waals surface area contributed by atoms with Crippen molar-refractivity contribution >= 4 is 5.82 Å². The SMILES string of the molecule is CCNc1cc(C)nc(-c2cncn2C)n1. The van der Waals surface area contributed by atoms with E-state index in [9.17, 15) is 0 Å². The van der Waals surface area contributed by atoms with E-state index in [1.54, 1.807) is 12.5 Å². The molecular weight excluding hydrogens is 202 g/mol. The van der Waals surface area contributed by atoms with Gasteiger partial charge in [-0.25, -0.2) is 15.0 Å². The Balaban J connectivity index is 2.45. The molecule has 16 heavy (non-hydrogen) atoms. The van der Waals surface area contributed by atoms with Gasteiger partial charge in [0.1, 0.15) is 11.5 Å². The molecule has 0 spiro atoms. The maximum absolute atomic E-state index is 4.44. The van der Waals surface area contributed by atoms with Gasteiger partial charge in [-0.1, -0.05) is 0 Å². The molecule has 0 aliphatic heterocycles. The van der Waals surface area contributed by atoms with Crippen LogP contribution < -0.4 is 5.32 Å². The van der Waals surface area contributed by atoms with Crippen molar-refractivity contribution in [3.63, 3.8) is 0 Å². The van der Waals surface area contributed by atoms with Crippen LogP contribution in [-0.2, 0) is 7.05 Å². The summed E-state index contributed by atoms with van der Waals surface area (Å²) >= 11 is 0. The Bertz CT molecular complexity index is 489. The summed E-state index contributed by atoms with van der Waals surface area (Å²) < 4.78 is 1.91. The van der Waals surface area contributed by atoms with E-state index in [-0.39, 0.29) is 0 Å². The van der Waals surface area contributed by atoms with Crippen LogP contribution in [0.5, 0.6) is 0 Å². The fourth-order valence-electron chi connectivity index (χ4n) is 1.53. The second-order valence-electron chi connectivity index (χ2n) is 3.64. The van der Waals surface area contributed by atoms with Gasteiger partial charge in [-0.15, -0.1) is 0 Å². The number of aryl methyl sites for hydroxylation is 2. The molecule has 0 saturated heterocycles. The van der Waals surface area contributed by atoms with Crippen LogP contribution >= 0.6 is 0 Å². The quantitative estimate of drug-likeness (QED) is 0.848. The fourth-order valence-corrected chi connectivity index (χ4v) is 1.53. The van der Waals surface area contributed by atoms with Gasteiger partial charge in [0.15, 0.2) is 5.82 Å². The lowest BCUT2D eigenvalue weighted by atomic mass is 10.3. The average Bonchev–Trinajstić information content (AvgIpc) is 2.64. The van der Waals surface area contributed by atoms with Gasteiger partial charge >= 0.3 is 0 Å². The van der Waals surface area contributed by atoms with Crippen molar-refractivity contribution in [2.24, 2.45) is 7.05 Å². The molecule has 84 valence electrons. The number of rotatable bonds is 3. The molecular formula is C11H15N5. The Morgan fingerprint density at radius 1 is 1.38 bits per heavy atom. The third kappa shape index (κ3) is 2.03. The molecule has 2 heterocycles. The molecule has 0 fully saturated rings. The van der Waals surface area contributed by atoms with Crippen LogP contribution in [0.15, 0.2) is 18.6 Å². The number of nitrogens with zero attached hydrogens (tertiary/aromatic N) is 4. The van der Waals surface area contributed by atoms with E-state index >= 15 is 0 Å². The Kier molecular flexibility index (Phi) is 2.85. The second kappa shape index (κ2) is 4.30. The molecule has 0 aliphatic rings. The number of hydrogen-bond donors (Lipinski definition) is 1. The molecule has 1 N–H and O–H groups in total. The Hall–Kier alpha value is -1.91. The average molecular weight is 217 g/mol. The van der Waals surface area contributed by atoms with Gasteiger partial charge in [0.25, 0.3) is 0 Å². The number of aromatic nitrogens is 4. The van der Waals surface area contributed by atoms with Gasteiger partial charge < -0.3 is 9.88 Å². The summed E-state index contributed by atoms with van der Waals surface area (Å²) in [5.41, 5.74) is 1.87. The van der Waals surface area contributed by atoms with E-state index in [0.717, 1.165) is 23.8 Å². The van der Waals surface area contributed by atoms with E-state index in [2.05, 4.69) is 20.3 Å². The third-order valence-corrected chi connectivity index (χ3v) is 2.26. The lowest BCUT2D eigenvalue weighted by Crippen LogP contribution is -2.03. The minimum atomic E-state index is 0.705. The number of anilines is 1. The summed E-state index contributed by atoms with van der Waals surface area (Å²) in [6.07, 6.45) is 3.51. The van der Waals surface area contributed by atoms with Crippen molar-refractivity contribution in [3.8, 4) is 11.5 Å². The standard InChI is InChI=1S/C11H15N5/c1-4-13-10-5-8(2)14-11(15-10)9-6-12-7-16(9)3/h5-7H,4H2,1-3H3,(H,13,14,15). The first-order valence-corrected chi connectivity index (χ1v) is 5.27. The van der Waals surface area contributed by atoms with Gasteiger partial charge in [-0.2, -0.15) is 0 Å². The molecule has 2 rings (SSSR count). The monoisotopic (exact) mass is 217 g/mol. The van der Waals surface area contributed by atoms with Crippen molar-refractivity contribution in [3.05, 3.63) is 24.3 Å². The third-order valence-electron chi connectivity index (χ3n) is 2.26. The lowest BCUT2D eigenvalue weighted by molar-refractivity contribution is 0.905. The van der Waals surface area contributed by atoms with E-state index in [4.69, 9.17) is 0 Å². The highest BCUT2D eigenvalue weighted by Gasteiger charge is 2.07. The van der Waals surface area contributed by atoms with Gasteiger partial charge in [0, 0.05) is 25.4 Å². The zero-order valence-electron chi connectivity index (χ0n) is 9.73. The summed E-state index contributed by atoms with van der Waals surface area (Å²) in [4.78, 5) is 12.9. The molecule has 0 aromatic carbocycles. The maximum Gasteiger partial charge on any atom is 0.180 e. The summed E-state index contributed by atoms with van der Waals surface area (Å²) in [7, 11) is 1.93. The van der Waals surface area contributed by atoms with Crippen LogP contribution in [0.25, 0.3) is 11.5 Å². The predicted octanol–water partition coefficient (Wildman–Crippen LogP) is 1.62. The van der Waals surface area contributed by atoms with E-state index in [0.29, 0.717) is 5.82 Å². The lowest BCUT2D eigenvalue weighted by Gasteiger charge is -2.06. The topological polar surface area (TPSA) is 55.6 Å². The minimum absolute atomic E-state index is 0.705. The Morgan fingerprint density at radius 3 is 2.81 bits per heavy atom.